The van der Waals surface area contributed by atoms with Crippen LogP contribution in [0.3, 0.4) is 0 Å². The average Bonchev–Trinajstić information content (AvgIpc) is 2.52. The summed E-state index contributed by atoms with van der Waals surface area (Å²) in [6, 6.07) is 3.99. The van der Waals surface area contributed by atoms with Gasteiger partial charge in [-0.3, -0.25) is 0 Å². The zero-order chi connectivity index (χ0) is 9.90. The lowest BCUT2D eigenvalue weighted by Crippen LogP contribution is -2.18. The maximum atomic E-state index is 9.06. The van der Waals surface area contributed by atoms with Gasteiger partial charge in [0.25, 0.3) is 0 Å². The second-order valence-electron chi connectivity index (χ2n) is 3.91. The van der Waals surface area contributed by atoms with Gasteiger partial charge in [-0.05, 0) is 17.9 Å². The van der Waals surface area contributed by atoms with E-state index in [2.05, 4.69) is 6.07 Å². The predicted molar refractivity (Wildman–Crippen MR) is 53.6 cm³/mol. The predicted octanol–water partition coefficient (Wildman–Crippen LogP) is 2.18. The van der Waals surface area contributed by atoms with Crippen LogP contribution in [-0.4, -0.2) is 11.7 Å². The zero-order valence-electron chi connectivity index (χ0n) is 7.87. The van der Waals surface area contributed by atoms with Gasteiger partial charge in [-0.2, -0.15) is 5.26 Å². The number of hydrogen-bond acceptors (Lipinski definition) is 3. The summed E-state index contributed by atoms with van der Waals surface area (Å²) >= 11 is 1.58. The SMILES string of the molecule is CC(C)(CO)Cc1cc(C#N)cs1. The van der Waals surface area contributed by atoms with E-state index in [1.807, 2.05) is 25.3 Å². The molecule has 2 nitrogen and oxygen atoms in total. The third kappa shape index (κ3) is 2.83. The van der Waals surface area contributed by atoms with Crippen molar-refractivity contribution in [3.8, 4) is 6.07 Å². The van der Waals surface area contributed by atoms with Crippen LogP contribution < -0.4 is 0 Å². The van der Waals surface area contributed by atoms with Gasteiger partial charge in [-0.1, -0.05) is 13.8 Å². The Kier molecular flexibility index (Phi) is 3.07. The number of aliphatic hydroxyl groups excluding tert-OH is 1. The Morgan fingerprint density at radius 1 is 1.62 bits per heavy atom. The maximum Gasteiger partial charge on any atom is 0.1000 e. The molecule has 0 unspecified atom stereocenters. The highest BCUT2D eigenvalue weighted by Crippen LogP contribution is 2.25. The quantitative estimate of drug-likeness (QED) is 0.803. The van der Waals surface area contributed by atoms with Gasteiger partial charge in [0.1, 0.15) is 0 Å². The van der Waals surface area contributed by atoms with Crippen LogP contribution in [0.25, 0.3) is 0 Å². The molecule has 0 spiro atoms. The normalized spacial score (nSPS) is 11.2. The van der Waals surface area contributed by atoms with Gasteiger partial charge in [-0.25, -0.2) is 0 Å². The molecule has 70 valence electrons. The number of nitrogens with zero attached hydrogens (tertiary/aromatic N) is 1. The Balaban J connectivity index is 2.70. The van der Waals surface area contributed by atoms with E-state index in [1.165, 1.54) is 0 Å². The van der Waals surface area contributed by atoms with Gasteiger partial charge in [0, 0.05) is 16.9 Å². The van der Waals surface area contributed by atoms with Gasteiger partial charge in [0.05, 0.1) is 11.6 Å². The highest BCUT2D eigenvalue weighted by atomic mass is 32.1. The molecule has 0 fully saturated rings. The lowest BCUT2D eigenvalue weighted by Gasteiger charge is -2.19. The fraction of sp³-hybridized carbons (Fsp3) is 0.500. The molecule has 3 heteroatoms. The molecule has 0 aliphatic carbocycles. The Bertz CT molecular complexity index is 322. The molecular formula is C10H13NOS. The molecule has 1 aromatic heterocycles. The summed E-state index contributed by atoms with van der Waals surface area (Å²) in [5.41, 5.74) is 0.631. The molecule has 0 saturated carbocycles. The molecule has 13 heavy (non-hydrogen) atoms. The second kappa shape index (κ2) is 3.91. The Morgan fingerprint density at radius 2 is 2.31 bits per heavy atom. The molecule has 1 N–H and O–H groups in total. The van der Waals surface area contributed by atoms with Gasteiger partial charge in [0.2, 0.25) is 0 Å². The first-order chi connectivity index (χ1) is 6.07. The van der Waals surface area contributed by atoms with Crippen LogP contribution in [0.1, 0.15) is 24.3 Å². The van der Waals surface area contributed by atoms with E-state index >= 15 is 0 Å². The van der Waals surface area contributed by atoms with Crippen molar-refractivity contribution in [1.29, 1.82) is 5.26 Å². The fourth-order valence-electron chi connectivity index (χ4n) is 1.06. The minimum absolute atomic E-state index is 0.0857. The monoisotopic (exact) mass is 195 g/mol. The summed E-state index contributed by atoms with van der Waals surface area (Å²) < 4.78 is 0. The number of hydrogen-bond donors (Lipinski definition) is 1. The molecule has 0 radical (unpaired) electrons. The van der Waals surface area contributed by atoms with Crippen LogP contribution in [-0.2, 0) is 6.42 Å². The van der Waals surface area contributed by atoms with E-state index in [0.29, 0.717) is 5.56 Å². The van der Waals surface area contributed by atoms with Crippen LogP contribution in [0.5, 0.6) is 0 Å². The molecule has 0 amide bonds. The summed E-state index contributed by atoms with van der Waals surface area (Å²) in [5, 5.41) is 19.5. The third-order valence-electron chi connectivity index (χ3n) is 1.86. The Morgan fingerprint density at radius 3 is 2.77 bits per heavy atom. The van der Waals surface area contributed by atoms with Crippen molar-refractivity contribution < 1.29 is 5.11 Å². The maximum absolute atomic E-state index is 9.06. The summed E-state index contributed by atoms with van der Waals surface area (Å²) in [5.74, 6) is 0. The van der Waals surface area contributed by atoms with Crippen LogP contribution in [0.2, 0.25) is 0 Å². The molecular weight excluding hydrogens is 182 g/mol. The first-order valence-corrected chi connectivity index (χ1v) is 5.04. The van der Waals surface area contributed by atoms with Gasteiger partial charge >= 0.3 is 0 Å². The minimum Gasteiger partial charge on any atom is -0.396 e. The van der Waals surface area contributed by atoms with Crippen molar-refractivity contribution in [2.45, 2.75) is 20.3 Å². The van der Waals surface area contributed by atoms with E-state index in [4.69, 9.17) is 10.4 Å². The van der Waals surface area contributed by atoms with Crippen LogP contribution in [0.15, 0.2) is 11.4 Å². The largest absolute Gasteiger partial charge is 0.396 e. The Hall–Kier alpha value is -0.850. The molecule has 1 heterocycles. The minimum atomic E-state index is -0.0857. The number of rotatable bonds is 3. The molecule has 0 atom stereocenters. The van der Waals surface area contributed by atoms with Crippen molar-refractivity contribution in [3.05, 3.63) is 21.9 Å². The molecule has 0 bridgehead atoms. The first kappa shape index (κ1) is 10.2. The highest BCUT2D eigenvalue weighted by Gasteiger charge is 2.17. The van der Waals surface area contributed by atoms with E-state index in [-0.39, 0.29) is 12.0 Å². The van der Waals surface area contributed by atoms with Crippen molar-refractivity contribution in [2.24, 2.45) is 5.41 Å². The van der Waals surface area contributed by atoms with E-state index in [1.54, 1.807) is 11.3 Å². The summed E-state index contributed by atoms with van der Waals surface area (Å²) in [6.07, 6.45) is 0.829. The lowest BCUT2D eigenvalue weighted by atomic mass is 9.90. The van der Waals surface area contributed by atoms with Crippen molar-refractivity contribution in [1.82, 2.24) is 0 Å². The lowest BCUT2D eigenvalue weighted by molar-refractivity contribution is 0.160. The second-order valence-corrected chi connectivity index (χ2v) is 4.91. The van der Waals surface area contributed by atoms with Crippen LogP contribution >= 0.6 is 11.3 Å². The third-order valence-corrected chi connectivity index (χ3v) is 2.80. The summed E-state index contributed by atoms with van der Waals surface area (Å²) in [4.78, 5) is 1.16. The van der Waals surface area contributed by atoms with E-state index < -0.39 is 0 Å². The van der Waals surface area contributed by atoms with Gasteiger partial charge in [-0.15, -0.1) is 11.3 Å². The number of thiophene rings is 1. The average molecular weight is 195 g/mol. The van der Waals surface area contributed by atoms with E-state index in [0.717, 1.165) is 11.3 Å². The molecule has 1 rings (SSSR count). The topological polar surface area (TPSA) is 44.0 Å². The molecule has 1 aromatic rings. The van der Waals surface area contributed by atoms with Crippen molar-refractivity contribution >= 4 is 11.3 Å². The summed E-state index contributed by atoms with van der Waals surface area (Å²) in [7, 11) is 0. The highest BCUT2D eigenvalue weighted by molar-refractivity contribution is 7.10. The van der Waals surface area contributed by atoms with E-state index in [9.17, 15) is 0 Å². The molecule has 0 saturated heterocycles. The number of aliphatic hydroxyl groups is 1. The standard InChI is InChI=1S/C10H13NOS/c1-10(2,7-12)4-9-3-8(5-11)6-13-9/h3,6,12H,4,7H2,1-2H3. The van der Waals surface area contributed by atoms with Crippen molar-refractivity contribution in [2.75, 3.05) is 6.61 Å². The zero-order valence-corrected chi connectivity index (χ0v) is 8.69. The Labute approximate surface area is 82.4 Å². The first-order valence-electron chi connectivity index (χ1n) is 4.16. The van der Waals surface area contributed by atoms with Gasteiger partial charge in [0.15, 0.2) is 0 Å². The number of nitriles is 1. The summed E-state index contributed by atoms with van der Waals surface area (Å²) in [6.45, 7) is 4.20. The van der Waals surface area contributed by atoms with Gasteiger partial charge < -0.3 is 5.11 Å². The van der Waals surface area contributed by atoms with Crippen LogP contribution in [0, 0.1) is 16.7 Å². The molecule has 0 aliphatic rings. The van der Waals surface area contributed by atoms with Crippen LogP contribution in [0.4, 0.5) is 0 Å². The molecule has 0 aromatic carbocycles. The van der Waals surface area contributed by atoms with Crippen molar-refractivity contribution in [3.63, 3.8) is 0 Å². The fourth-order valence-corrected chi connectivity index (χ4v) is 2.13. The smallest absolute Gasteiger partial charge is 0.1000 e. The molecule has 0 aliphatic heterocycles.